The Kier molecular flexibility index (Phi) is 6.43. The Morgan fingerprint density at radius 1 is 1.23 bits per heavy atom. The molecule has 2 heterocycles. The first-order valence-electron chi connectivity index (χ1n) is 9.92. The van der Waals surface area contributed by atoms with Gasteiger partial charge >= 0.3 is 0 Å². The lowest BCUT2D eigenvalue weighted by Gasteiger charge is -2.31. The van der Waals surface area contributed by atoms with Crippen molar-refractivity contribution in [1.29, 1.82) is 0 Å². The number of thiazole rings is 1. The Morgan fingerprint density at radius 3 is 2.71 bits per heavy atom. The molecule has 1 aromatic heterocycles. The van der Waals surface area contributed by atoms with Crippen LogP contribution in [0.5, 0.6) is 0 Å². The van der Waals surface area contributed by atoms with Crippen LogP contribution in [0.2, 0.25) is 5.02 Å². The second kappa shape index (κ2) is 9.08. The third-order valence-electron chi connectivity index (χ3n) is 5.25. The topological polar surface area (TPSA) is 79.4 Å². The molecule has 0 radical (unpaired) electrons. The maximum absolute atomic E-state index is 13.0. The molecule has 1 N–H and O–H groups in total. The van der Waals surface area contributed by atoms with Gasteiger partial charge in [0.15, 0.2) is 0 Å². The van der Waals surface area contributed by atoms with E-state index in [9.17, 15) is 13.2 Å². The summed E-state index contributed by atoms with van der Waals surface area (Å²) in [4.78, 5) is 17.6. The van der Waals surface area contributed by atoms with E-state index in [1.54, 1.807) is 23.5 Å². The maximum Gasteiger partial charge on any atom is 0.243 e. The van der Waals surface area contributed by atoms with Gasteiger partial charge in [0.2, 0.25) is 15.9 Å². The Hall–Kier alpha value is -2.26. The number of anilines is 1. The molecule has 0 spiro atoms. The van der Waals surface area contributed by atoms with E-state index in [0.717, 1.165) is 16.3 Å². The van der Waals surface area contributed by atoms with Gasteiger partial charge in [-0.2, -0.15) is 4.31 Å². The number of benzene rings is 2. The Labute approximate surface area is 190 Å². The average molecular weight is 476 g/mol. The van der Waals surface area contributed by atoms with Gasteiger partial charge in [-0.05, 0) is 56.2 Å². The summed E-state index contributed by atoms with van der Waals surface area (Å²) < 4.78 is 27.3. The quantitative estimate of drug-likeness (QED) is 0.574. The van der Waals surface area contributed by atoms with Crippen LogP contribution in [-0.4, -0.2) is 36.7 Å². The predicted molar refractivity (Wildman–Crippen MR) is 124 cm³/mol. The summed E-state index contributed by atoms with van der Waals surface area (Å²) in [5, 5.41) is 6.39. The molecule has 0 bridgehead atoms. The van der Waals surface area contributed by atoms with E-state index in [2.05, 4.69) is 10.3 Å². The Balaban J connectivity index is 1.46. The lowest BCUT2D eigenvalue weighted by atomic mass is 9.98. The summed E-state index contributed by atoms with van der Waals surface area (Å²) in [5.74, 6) is -0.594. The van der Waals surface area contributed by atoms with Crippen molar-refractivity contribution in [2.45, 2.75) is 24.7 Å². The molecule has 4 rings (SSSR count). The maximum atomic E-state index is 13.0. The van der Waals surface area contributed by atoms with Crippen molar-refractivity contribution in [3.63, 3.8) is 0 Å². The van der Waals surface area contributed by atoms with Gasteiger partial charge in [-0.1, -0.05) is 23.7 Å². The molecule has 2 aromatic carbocycles. The van der Waals surface area contributed by atoms with Crippen molar-refractivity contribution in [2.75, 3.05) is 18.4 Å². The number of amides is 1. The molecule has 1 amide bonds. The summed E-state index contributed by atoms with van der Waals surface area (Å²) in [7, 11) is -3.67. The normalized spacial score (nSPS) is 17.4. The zero-order valence-corrected chi connectivity index (χ0v) is 19.3. The first-order chi connectivity index (χ1) is 14.8. The van der Waals surface area contributed by atoms with Gasteiger partial charge in [-0.25, -0.2) is 13.4 Å². The molecular weight excluding hydrogens is 454 g/mol. The lowest BCUT2D eigenvalue weighted by Crippen LogP contribution is -2.43. The zero-order chi connectivity index (χ0) is 22.0. The van der Waals surface area contributed by atoms with E-state index in [4.69, 9.17) is 11.6 Å². The van der Waals surface area contributed by atoms with Crippen LogP contribution in [0.1, 0.15) is 17.8 Å². The van der Waals surface area contributed by atoms with Crippen molar-refractivity contribution in [3.05, 3.63) is 63.9 Å². The molecule has 9 heteroatoms. The molecule has 0 aliphatic carbocycles. The van der Waals surface area contributed by atoms with Gasteiger partial charge in [-0.3, -0.25) is 4.79 Å². The van der Waals surface area contributed by atoms with E-state index in [1.807, 2.05) is 36.6 Å². The smallest absolute Gasteiger partial charge is 0.243 e. The number of carbonyl (C=O) groups excluding carboxylic acids is 1. The summed E-state index contributed by atoms with van der Waals surface area (Å²) in [5.41, 5.74) is 2.47. The highest BCUT2D eigenvalue weighted by atomic mass is 35.5. The summed E-state index contributed by atoms with van der Waals surface area (Å²) in [6, 6.07) is 13.6. The monoisotopic (exact) mass is 475 g/mol. The minimum Gasteiger partial charge on any atom is -0.326 e. The van der Waals surface area contributed by atoms with Crippen LogP contribution >= 0.6 is 22.9 Å². The van der Waals surface area contributed by atoms with Crippen LogP contribution in [0.15, 0.2) is 58.8 Å². The highest BCUT2D eigenvalue weighted by molar-refractivity contribution is 7.89. The predicted octanol–water partition coefficient (Wildman–Crippen LogP) is 4.81. The molecule has 1 saturated heterocycles. The summed E-state index contributed by atoms with van der Waals surface area (Å²) >= 11 is 7.45. The van der Waals surface area contributed by atoms with Gasteiger partial charge in [0, 0.05) is 34.7 Å². The van der Waals surface area contributed by atoms with Gasteiger partial charge in [0.05, 0.1) is 21.5 Å². The number of piperidine rings is 1. The molecule has 3 aromatic rings. The standard InChI is InChI=1S/C22H22ClN3O3S2/c1-15-24-21(14-30-15)16-4-2-6-19(12-16)25-22(27)17-5-3-11-26(13-17)31(28,29)20-9-7-18(23)8-10-20/h2,4,6-10,12,14,17H,3,5,11,13H2,1H3,(H,25,27). The second-order valence-corrected chi connectivity index (χ2v) is 10.9. The largest absolute Gasteiger partial charge is 0.326 e. The molecule has 1 aliphatic heterocycles. The van der Waals surface area contributed by atoms with E-state index < -0.39 is 15.9 Å². The molecule has 31 heavy (non-hydrogen) atoms. The van der Waals surface area contributed by atoms with Crippen molar-refractivity contribution in [3.8, 4) is 11.3 Å². The number of aryl methyl sites for hydroxylation is 1. The molecule has 1 atom stereocenters. The fraction of sp³-hybridized carbons (Fsp3) is 0.273. The number of nitrogens with zero attached hydrogens (tertiary/aromatic N) is 2. The molecule has 1 aliphatic rings. The SMILES string of the molecule is Cc1nc(-c2cccc(NC(=O)C3CCCN(S(=O)(=O)c4ccc(Cl)cc4)C3)c2)cs1. The van der Waals surface area contributed by atoms with E-state index in [0.29, 0.717) is 30.1 Å². The van der Waals surface area contributed by atoms with Crippen LogP contribution in [-0.2, 0) is 14.8 Å². The zero-order valence-electron chi connectivity index (χ0n) is 16.9. The minimum atomic E-state index is -3.67. The number of aromatic nitrogens is 1. The average Bonchev–Trinajstić information content (AvgIpc) is 3.21. The first kappa shape index (κ1) is 22.0. The van der Waals surface area contributed by atoms with Crippen molar-refractivity contribution in [2.24, 2.45) is 5.92 Å². The van der Waals surface area contributed by atoms with Crippen LogP contribution in [0.4, 0.5) is 5.69 Å². The minimum absolute atomic E-state index is 0.155. The Bertz CT molecular complexity index is 1190. The highest BCUT2D eigenvalue weighted by Gasteiger charge is 2.33. The van der Waals surface area contributed by atoms with Gasteiger partial charge in [0.25, 0.3) is 0 Å². The third kappa shape index (κ3) is 4.98. The van der Waals surface area contributed by atoms with Crippen LogP contribution in [0.25, 0.3) is 11.3 Å². The number of sulfonamides is 1. The number of hydrogen-bond acceptors (Lipinski definition) is 5. The number of hydrogen-bond donors (Lipinski definition) is 1. The molecule has 1 fully saturated rings. The third-order valence-corrected chi connectivity index (χ3v) is 8.16. The van der Waals surface area contributed by atoms with Crippen molar-refractivity contribution >= 4 is 44.6 Å². The van der Waals surface area contributed by atoms with E-state index in [-0.39, 0.29) is 17.3 Å². The van der Waals surface area contributed by atoms with Crippen molar-refractivity contribution in [1.82, 2.24) is 9.29 Å². The fourth-order valence-electron chi connectivity index (χ4n) is 3.63. The highest BCUT2D eigenvalue weighted by Crippen LogP contribution is 2.27. The van der Waals surface area contributed by atoms with E-state index >= 15 is 0 Å². The molecular formula is C22H22ClN3O3S2. The summed E-state index contributed by atoms with van der Waals surface area (Å²) in [6.07, 6.45) is 1.27. The number of halogens is 1. The van der Waals surface area contributed by atoms with Crippen LogP contribution < -0.4 is 5.32 Å². The molecule has 1 unspecified atom stereocenters. The van der Waals surface area contributed by atoms with Gasteiger partial charge < -0.3 is 5.32 Å². The van der Waals surface area contributed by atoms with Crippen LogP contribution in [0.3, 0.4) is 0 Å². The molecule has 162 valence electrons. The number of rotatable bonds is 5. The first-order valence-corrected chi connectivity index (χ1v) is 12.6. The van der Waals surface area contributed by atoms with Gasteiger partial charge in [0.1, 0.15) is 0 Å². The number of carbonyl (C=O) groups is 1. The molecule has 0 saturated carbocycles. The van der Waals surface area contributed by atoms with Gasteiger partial charge in [-0.15, -0.1) is 11.3 Å². The number of nitrogens with one attached hydrogen (secondary N) is 1. The summed E-state index contributed by atoms with van der Waals surface area (Å²) in [6.45, 7) is 2.50. The molecule has 6 nitrogen and oxygen atoms in total. The lowest BCUT2D eigenvalue weighted by molar-refractivity contribution is -0.120. The Morgan fingerprint density at radius 2 is 2.00 bits per heavy atom. The fourth-order valence-corrected chi connectivity index (χ4v) is 5.90. The van der Waals surface area contributed by atoms with Crippen LogP contribution in [0, 0.1) is 12.8 Å². The van der Waals surface area contributed by atoms with Crippen molar-refractivity contribution < 1.29 is 13.2 Å². The van der Waals surface area contributed by atoms with E-state index in [1.165, 1.54) is 16.4 Å². The second-order valence-electron chi connectivity index (χ2n) is 7.48.